The number of benzene rings is 1. The second-order valence-corrected chi connectivity index (χ2v) is 8.97. The average molecular weight is 483 g/mol. The zero-order valence-electron chi connectivity index (χ0n) is 19.8. The highest BCUT2D eigenvalue weighted by atomic mass is 19.1. The van der Waals surface area contributed by atoms with Crippen LogP contribution < -0.4 is 5.73 Å². The lowest BCUT2D eigenvalue weighted by Crippen LogP contribution is -2.40. The number of anilines is 1. The van der Waals surface area contributed by atoms with Gasteiger partial charge in [-0.2, -0.15) is 10.1 Å². The van der Waals surface area contributed by atoms with Crippen LogP contribution in [-0.2, 0) is 13.5 Å². The maximum absolute atomic E-state index is 14.3. The number of fused-ring (bicyclic) bond motifs is 2. The molecule has 1 aliphatic heterocycles. The largest absolute Gasteiger partial charge is 0.366 e. The first-order valence-electron chi connectivity index (χ1n) is 11.6. The van der Waals surface area contributed by atoms with E-state index >= 15 is 0 Å². The highest BCUT2D eigenvalue weighted by molar-refractivity contribution is 5.98. The second-order valence-electron chi connectivity index (χ2n) is 8.97. The number of nitrogens with zero attached hydrogens (tertiary/aromatic N) is 7. The Kier molecular flexibility index (Phi) is 5.03. The standard InChI is InChI=1S/C26H23FN8O/c1-15(21-11-19(27)3-4-20(21)18-13-30-33(2)14-18)34-7-6-23-22(25(34)36)9-17(12-29-23)16-5-8-35-24(10-16)31-26(28)32-35/h3-5,8-15H,6-7H2,1-2H3,(H2,28,32). The summed E-state index contributed by atoms with van der Waals surface area (Å²) in [6.45, 7) is 2.42. The molecule has 0 saturated heterocycles. The molecule has 0 fully saturated rings. The third-order valence-electron chi connectivity index (χ3n) is 6.69. The maximum Gasteiger partial charge on any atom is 0.256 e. The summed E-state index contributed by atoms with van der Waals surface area (Å²) in [5.41, 5.74) is 11.7. The fourth-order valence-electron chi connectivity index (χ4n) is 4.84. The Balaban J connectivity index is 1.36. The van der Waals surface area contributed by atoms with Crippen LogP contribution in [-0.4, -0.2) is 46.7 Å². The molecule has 180 valence electrons. The van der Waals surface area contributed by atoms with E-state index in [-0.39, 0.29) is 23.7 Å². The van der Waals surface area contributed by atoms with Gasteiger partial charge < -0.3 is 10.6 Å². The van der Waals surface area contributed by atoms with E-state index in [4.69, 9.17) is 5.73 Å². The van der Waals surface area contributed by atoms with Gasteiger partial charge in [0.15, 0.2) is 5.65 Å². The first kappa shape index (κ1) is 21.9. The molecule has 1 aromatic carbocycles. The SMILES string of the molecule is CC(c1cc(F)ccc1-c1cnn(C)c1)N1CCc2ncc(-c3ccn4nc(N)nc4c3)cc2C1=O. The Morgan fingerprint density at radius 3 is 2.72 bits per heavy atom. The average Bonchev–Trinajstić information content (AvgIpc) is 3.47. The van der Waals surface area contributed by atoms with Crippen molar-refractivity contribution in [3.05, 3.63) is 83.8 Å². The molecule has 0 radical (unpaired) electrons. The van der Waals surface area contributed by atoms with Crippen molar-refractivity contribution in [1.29, 1.82) is 0 Å². The Morgan fingerprint density at radius 2 is 1.92 bits per heavy atom. The minimum Gasteiger partial charge on any atom is -0.366 e. The van der Waals surface area contributed by atoms with E-state index in [1.807, 2.05) is 38.4 Å². The topological polar surface area (TPSA) is 107 Å². The molecule has 0 aliphatic carbocycles. The molecule has 4 aromatic heterocycles. The summed E-state index contributed by atoms with van der Waals surface area (Å²) in [6.07, 6.45) is 7.78. The molecule has 0 bridgehead atoms. The minimum absolute atomic E-state index is 0.132. The van der Waals surface area contributed by atoms with Crippen molar-refractivity contribution in [3.63, 3.8) is 0 Å². The van der Waals surface area contributed by atoms with Crippen molar-refractivity contribution in [3.8, 4) is 22.3 Å². The summed E-state index contributed by atoms with van der Waals surface area (Å²) in [5.74, 6) is -0.284. The normalized spacial score (nSPS) is 14.3. The zero-order valence-corrected chi connectivity index (χ0v) is 19.8. The van der Waals surface area contributed by atoms with E-state index in [0.717, 1.165) is 33.5 Å². The number of amides is 1. The summed E-state index contributed by atoms with van der Waals surface area (Å²) >= 11 is 0. The van der Waals surface area contributed by atoms with Gasteiger partial charge in [-0.25, -0.2) is 8.91 Å². The lowest BCUT2D eigenvalue weighted by molar-refractivity contribution is 0.0671. The van der Waals surface area contributed by atoms with E-state index in [9.17, 15) is 9.18 Å². The van der Waals surface area contributed by atoms with Crippen LogP contribution in [0.4, 0.5) is 10.3 Å². The van der Waals surface area contributed by atoms with Crippen LogP contribution in [0.2, 0.25) is 0 Å². The molecule has 6 rings (SSSR count). The predicted molar refractivity (Wildman–Crippen MR) is 132 cm³/mol. The van der Waals surface area contributed by atoms with E-state index in [2.05, 4.69) is 20.2 Å². The number of aryl methyl sites for hydroxylation is 1. The highest BCUT2D eigenvalue weighted by Gasteiger charge is 2.31. The molecule has 36 heavy (non-hydrogen) atoms. The monoisotopic (exact) mass is 482 g/mol. The lowest BCUT2D eigenvalue weighted by atomic mass is 9.93. The van der Waals surface area contributed by atoms with Gasteiger partial charge in [-0.3, -0.25) is 14.5 Å². The van der Waals surface area contributed by atoms with Crippen LogP contribution in [0.25, 0.3) is 27.9 Å². The van der Waals surface area contributed by atoms with Crippen LogP contribution in [0.3, 0.4) is 0 Å². The molecule has 5 heterocycles. The van der Waals surface area contributed by atoms with Crippen LogP contribution >= 0.6 is 0 Å². The molecule has 1 aliphatic rings. The van der Waals surface area contributed by atoms with E-state index in [0.29, 0.717) is 24.2 Å². The summed E-state index contributed by atoms with van der Waals surface area (Å²) in [6, 6.07) is 9.93. The first-order valence-corrected chi connectivity index (χ1v) is 11.6. The van der Waals surface area contributed by atoms with Gasteiger partial charge in [-0.1, -0.05) is 6.07 Å². The molecule has 5 aromatic rings. The number of aromatic nitrogens is 6. The van der Waals surface area contributed by atoms with Gasteiger partial charge in [0.2, 0.25) is 5.95 Å². The third kappa shape index (κ3) is 3.67. The predicted octanol–water partition coefficient (Wildman–Crippen LogP) is 3.67. The Morgan fingerprint density at radius 1 is 1.06 bits per heavy atom. The van der Waals surface area contributed by atoms with Crippen molar-refractivity contribution in [2.24, 2.45) is 7.05 Å². The minimum atomic E-state index is -0.351. The number of halogens is 1. The van der Waals surface area contributed by atoms with Gasteiger partial charge in [0.1, 0.15) is 5.82 Å². The van der Waals surface area contributed by atoms with Crippen LogP contribution in [0, 0.1) is 5.82 Å². The number of rotatable bonds is 4. The molecule has 1 unspecified atom stereocenters. The third-order valence-corrected chi connectivity index (χ3v) is 6.69. The van der Waals surface area contributed by atoms with Gasteiger partial charge in [0, 0.05) is 49.7 Å². The smallest absolute Gasteiger partial charge is 0.256 e. The van der Waals surface area contributed by atoms with Crippen LogP contribution in [0.15, 0.2) is 61.2 Å². The number of carbonyl (C=O) groups excluding carboxylic acids is 1. The number of nitrogen functional groups attached to an aromatic ring is 1. The number of pyridine rings is 2. The number of nitrogens with two attached hydrogens (primary N) is 1. The Bertz CT molecular complexity index is 1640. The summed E-state index contributed by atoms with van der Waals surface area (Å²) in [5, 5.41) is 8.35. The van der Waals surface area contributed by atoms with Gasteiger partial charge in [-0.15, -0.1) is 5.10 Å². The second kappa shape index (κ2) is 8.26. The van der Waals surface area contributed by atoms with Crippen LogP contribution in [0.1, 0.15) is 34.6 Å². The number of hydrogen-bond donors (Lipinski definition) is 1. The van der Waals surface area contributed by atoms with Crippen LogP contribution in [0.5, 0.6) is 0 Å². The van der Waals surface area contributed by atoms with Crippen molar-refractivity contribution in [2.75, 3.05) is 12.3 Å². The Hall–Kier alpha value is -4.60. The first-order chi connectivity index (χ1) is 17.4. The van der Waals surface area contributed by atoms with Crippen molar-refractivity contribution < 1.29 is 9.18 Å². The molecule has 9 nitrogen and oxygen atoms in total. The molecule has 0 saturated carbocycles. The fourth-order valence-corrected chi connectivity index (χ4v) is 4.84. The van der Waals surface area contributed by atoms with Crippen molar-refractivity contribution in [2.45, 2.75) is 19.4 Å². The molecular weight excluding hydrogens is 459 g/mol. The van der Waals surface area contributed by atoms with E-state index in [1.165, 1.54) is 12.1 Å². The van der Waals surface area contributed by atoms with Gasteiger partial charge >= 0.3 is 0 Å². The zero-order chi connectivity index (χ0) is 25.0. The van der Waals surface area contributed by atoms with Gasteiger partial charge in [0.25, 0.3) is 5.91 Å². The molecule has 10 heteroatoms. The molecule has 1 atom stereocenters. The molecule has 0 spiro atoms. The van der Waals surface area contributed by atoms with Crippen molar-refractivity contribution >= 4 is 17.5 Å². The summed E-state index contributed by atoms with van der Waals surface area (Å²) < 4.78 is 17.6. The fraction of sp³-hybridized carbons (Fsp3) is 0.192. The molecule has 1 amide bonds. The maximum atomic E-state index is 14.3. The number of hydrogen-bond acceptors (Lipinski definition) is 6. The van der Waals surface area contributed by atoms with Gasteiger partial charge in [-0.05, 0) is 53.9 Å². The summed E-state index contributed by atoms with van der Waals surface area (Å²) in [4.78, 5) is 24.3. The Labute approximate surface area is 206 Å². The number of carbonyl (C=O) groups is 1. The molecular formula is C26H23FN8O. The van der Waals surface area contributed by atoms with E-state index < -0.39 is 0 Å². The van der Waals surface area contributed by atoms with Crippen molar-refractivity contribution in [1.82, 2.24) is 34.3 Å². The van der Waals surface area contributed by atoms with Gasteiger partial charge in [0.05, 0.1) is 23.5 Å². The highest BCUT2D eigenvalue weighted by Crippen LogP contribution is 2.35. The summed E-state index contributed by atoms with van der Waals surface area (Å²) in [7, 11) is 1.83. The van der Waals surface area contributed by atoms with E-state index in [1.54, 1.807) is 38.8 Å². The quantitative estimate of drug-likeness (QED) is 0.419. The molecule has 2 N–H and O–H groups in total. The lowest BCUT2D eigenvalue weighted by Gasteiger charge is -2.34.